The molecule has 17 heavy (non-hydrogen) atoms. The highest BCUT2D eigenvalue weighted by Gasteiger charge is 2.18. The van der Waals surface area contributed by atoms with Crippen LogP contribution in [0.25, 0.3) is 0 Å². The van der Waals surface area contributed by atoms with Crippen LogP contribution in [0.5, 0.6) is 0 Å². The molecule has 1 N–H and O–H groups in total. The second-order valence-electron chi connectivity index (χ2n) is 6.21. The Balaban J connectivity index is 2.66. The van der Waals surface area contributed by atoms with Gasteiger partial charge >= 0.3 is 0 Å². The molecule has 0 spiro atoms. The molecule has 1 aromatic rings. The molecule has 1 nitrogen and oxygen atoms in total. The predicted octanol–water partition coefficient (Wildman–Crippen LogP) is 3.95. The third-order valence-corrected chi connectivity index (χ3v) is 2.92. The maximum absolute atomic E-state index is 3.61. The van der Waals surface area contributed by atoms with Crippen molar-refractivity contribution in [3.8, 4) is 0 Å². The Labute approximate surface area is 107 Å². The fraction of sp³-hybridized carbons (Fsp3) is 0.625. The van der Waals surface area contributed by atoms with Crippen molar-refractivity contribution in [1.82, 2.24) is 5.32 Å². The van der Waals surface area contributed by atoms with E-state index in [1.165, 1.54) is 17.5 Å². The van der Waals surface area contributed by atoms with E-state index < -0.39 is 0 Å². The predicted molar refractivity (Wildman–Crippen MR) is 76.4 cm³/mol. The number of likely N-dealkylation sites (N-methyl/N-ethyl adjacent to an activating group) is 1. The van der Waals surface area contributed by atoms with Crippen LogP contribution in [0, 0.1) is 12.3 Å². The molecule has 1 heteroatoms. The Morgan fingerprint density at radius 1 is 1.24 bits per heavy atom. The first-order valence-corrected chi connectivity index (χ1v) is 6.69. The minimum absolute atomic E-state index is 0.386. The van der Waals surface area contributed by atoms with Gasteiger partial charge in [0, 0.05) is 6.04 Å². The van der Waals surface area contributed by atoms with Crippen molar-refractivity contribution in [3.05, 3.63) is 35.4 Å². The van der Waals surface area contributed by atoms with Crippen LogP contribution in [0.1, 0.15) is 45.2 Å². The summed E-state index contributed by atoms with van der Waals surface area (Å²) < 4.78 is 0. The fourth-order valence-electron chi connectivity index (χ4n) is 2.37. The molecular formula is C16H27N. The third-order valence-electron chi connectivity index (χ3n) is 2.92. The molecule has 0 heterocycles. The quantitative estimate of drug-likeness (QED) is 0.812. The molecule has 96 valence electrons. The Bertz CT molecular complexity index is 336. The van der Waals surface area contributed by atoms with Crippen LogP contribution in [0.4, 0.5) is 0 Å². The fourth-order valence-corrected chi connectivity index (χ4v) is 2.37. The lowest BCUT2D eigenvalue weighted by atomic mass is 9.85. The molecule has 1 atom stereocenters. The highest BCUT2D eigenvalue weighted by Crippen LogP contribution is 2.22. The summed E-state index contributed by atoms with van der Waals surface area (Å²) in [6, 6.07) is 9.44. The number of nitrogens with one attached hydrogen (secondary N) is 1. The Hall–Kier alpha value is -0.820. The molecule has 0 aliphatic heterocycles. The largest absolute Gasteiger partial charge is 0.314 e. The topological polar surface area (TPSA) is 12.0 Å². The molecule has 0 bridgehead atoms. The van der Waals surface area contributed by atoms with Crippen molar-refractivity contribution in [1.29, 1.82) is 0 Å². The molecule has 1 rings (SSSR count). The molecule has 1 unspecified atom stereocenters. The normalized spacial score (nSPS) is 13.7. The highest BCUT2D eigenvalue weighted by molar-refractivity contribution is 5.23. The lowest BCUT2D eigenvalue weighted by Gasteiger charge is -2.26. The van der Waals surface area contributed by atoms with Gasteiger partial charge in [-0.05, 0) is 37.3 Å². The number of hydrogen-bond donors (Lipinski definition) is 1. The molecule has 0 saturated heterocycles. The molecule has 0 radical (unpaired) electrons. The van der Waals surface area contributed by atoms with Crippen LogP contribution in [0.15, 0.2) is 24.3 Å². The van der Waals surface area contributed by atoms with E-state index in [4.69, 9.17) is 0 Å². The standard InChI is InChI=1S/C16H27N/c1-6-17-15(12-16(3,4)5)11-14-9-7-8-13(2)10-14/h7-10,15,17H,6,11-12H2,1-5H3. The van der Waals surface area contributed by atoms with Gasteiger partial charge in [-0.1, -0.05) is 57.5 Å². The van der Waals surface area contributed by atoms with Crippen molar-refractivity contribution in [2.45, 2.75) is 53.5 Å². The molecule has 0 amide bonds. The third kappa shape index (κ3) is 5.88. The number of aryl methyl sites for hydroxylation is 1. The minimum Gasteiger partial charge on any atom is -0.314 e. The lowest BCUT2D eigenvalue weighted by Crippen LogP contribution is -2.34. The summed E-state index contributed by atoms with van der Waals surface area (Å²) in [7, 11) is 0. The van der Waals surface area contributed by atoms with Crippen LogP contribution < -0.4 is 5.32 Å². The van der Waals surface area contributed by atoms with Crippen molar-refractivity contribution >= 4 is 0 Å². The van der Waals surface area contributed by atoms with Gasteiger partial charge in [0.15, 0.2) is 0 Å². The maximum atomic E-state index is 3.61. The van der Waals surface area contributed by atoms with Crippen molar-refractivity contribution in [3.63, 3.8) is 0 Å². The summed E-state index contributed by atoms with van der Waals surface area (Å²) in [6.45, 7) is 12.3. The Kier molecular flexibility index (Phi) is 5.20. The number of rotatable bonds is 5. The van der Waals surface area contributed by atoms with Gasteiger partial charge in [-0.3, -0.25) is 0 Å². The van der Waals surface area contributed by atoms with Crippen LogP contribution >= 0.6 is 0 Å². The highest BCUT2D eigenvalue weighted by atomic mass is 14.9. The van der Waals surface area contributed by atoms with Crippen molar-refractivity contribution in [2.24, 2.45) is 5.41 Å². The van der Waals surface area contributed by atoms with E-state index in [0.717, 1.165) is 13.0 Å². The SMILES string of the molecule is CCNC(Cc1cccc(C)c1)CC(C)(C)C. The van der Waals surface area contributed by atoms with E-state index in [1.54, 1.807) is 0 Å². The summed E-state index contributed by atoms with van der Waals surface area (Å²) >= 11 is 0. The number of benzene rings is 1. The maximum Gasteiger partial charge on any atom is 0.0112 e. The van der Waals surface area contributed by atoms with E-state index in [0.29, 0.717) is 11.5 Å². The van der Waals surface area contributed by atoms with Gasteiger partial charge in [0.25, 0.3) is 0 Å². The monoisotopic (exact) mass is 233 g/mol. The van der Waals surface area contributed by atoms with E-state index >= 15 is 0 Å². The van der Waals surface area contributed by atoms with Gasteiger partial charge in [-0.2, -0.15) is 0 Å². The average molecular weight is 233 g/mol. The summed E-state index contributed by atoms with van der Waals surface area (Å²) in [4.78, 5) is 0. The van der Waals surface area contributed by atoms with E-state index in [2.05, 4.69) is 64.2 Å². The van der Waals surface area contributed by atoms with Gasteiger partial charge < -0.3 is 5.32 Å². The zero-order valence-electron chi connectivity index (χ0n) is 12.0. The zero-order valence-corrected chi connectivity index (χ0v) is 12.0. The van der Waals surface area contributed by atoms with Crippen LogP contribution in [0.2, 0.25) is 0 Å². The summed E-state index contributed by atoms with van der Waals surface area (Å²) in [5.41, 5.74) is 3.19. The molecule has 0 saturated carbocycles. The van der Waals surface area contributed by atoms with E-state index in [9.17, 15) is 0 Å². The molecular weight excluding hydrogens is 206 g/mol. The summed E-state index contributed by atoms with van der Waals surface area (Å²) in [5, 5.41) is 3.61. The molecule has 0 fully saturated rings. The Morgan fingerprint density at radius 2 is 1.94 bits per heavy atom. The minimum atomic E-state index is 0.386. The second-order valence-corrected chi connectivity index (χ2v) is 6.21. The average Bonchev–Trinajstić information content (AvgIpc) is 2.15. The van der Waals surface area contributed by atoms with E-state index in [1.807, 2.05) is 0 Å². The molecule has 0 aromatic heterocycles. The molecule has 0 aliphatic carbocycles. The second kappa shape index (κ2) is 6.20. The zero-order chi connectivity index (χ0) is 12.9. The van der Waals surface area contributed by atoms with E-state index in [-0.39, 0.29) is 0 Å². The smallest absolute Gasteiger partial charge is 0.0112 e. The lowest BCUT2D eigenvalue weighted by molar-refractivity contribution is 0.309. The van der Waals surface area contributed by atoms with Crippen molar-refractivity contribution in [2.75, 3.05) is 6.54 Å². The van der Waals surface area contributed by atoms with Gasteiger partial charge in [-0.15, -0.1) is 0 Å². The van der Waals surface area contributed by atoms with Gasteiger partial charge in [0.1, 0.15) is 0 Å². The first-order valence-electron chi connectivity index (χ1n) is 6.69. The first-order chi connectivity index (χ1) is 7.90. The first kappa shape index (κ1) is 14.2. The van der Waals surface area contributed by atoms with Crippen LogP contribution in [-0.4, -0.2) is 12.6 Å². The van der Waals surface area contributed by atoms with Crippen LogP contribution in [0.3, 0.4) is 0 Å². The van der Waals surface area contributed by atoms with Gasteiger partial charge in [0.05, 0.1) is 0 Å². The molecule has 1 aromatic carbocycles. The Morgan fingerprint density at radius 3 is 2.47 bits per heavy atom. The van der Waals surface area contributed by atoms with Crippen LogP contribution in [-0.2, 0) is 6.42 Å². The van der Waals surface area contributed by atoms with Gasteiger partial charge in [0.2, 0.25) is 0 Å². The summed E-state index contributed by atoms with van der Waals surface area (Å²) in [6.07, 6.45) is 2.35. The van der Waals surface area contributed by atoms with Crippen molar-refractivity contribution < 1.29 is 0 Å². The van der Waals surface area contributed by atoms with Gasteiger partial charge in [-0.25, -0.2) is 0 Å². The summed E-state index contributed by atoms with van der Waals surface area (Å²) in [5.74, 6) is 0. The molecule has 0 aliphatic rings. The number of hydrogen-bond acceptors (Lipinski definition) is 1.